The number of hydrogen-bond donors (Lipinski definition) is 1. The molecule has 0 aliphatic rings. The number of benzene rings is 1. The summed E-state index contributed by atoms with van der Waals surface area (Å²) < 4.78 is 28.0. The van der Waals surface area contributed by atoms with E-state index in [9.17, 15) is 8.42 Å². The molecule has 6 nitrogen and oxygen atoms in total. The van der Waals surface area contributed by atoms with Crippen molar-refractivity contribution >= 4 is 21.4 Å². The van der Waals surface area contributed by atoms with Crippen molar-refractivity contribution in [2.45, 2.75) is 19.8 Å². The highest BCUT2D eigenvalue weighted by molar-refractivity contribution is 7.92. The summed E-state index contributed by atoms with van der Waals surface area (Å²) in [6.45, 7) is 1.84. The predicted octanol–water partition coefficient (Wildman–Crippen LogP) is 2.47. The van der Waals surface area contributed by atoms with Crippen LogP contribution in [0.25, 0.3) is 5.65 Å². The van der Waals surface area contributed by atoms with Gasteiger partial charge in [-0.1, -0.05) is 25.1 Å². The summed E-state index contributed by atoms with van der Waals surface area (Å²) in [7, 11) is -3.25. The molecule has 0 aliphatic carbocycles. The Hall–Kier alpha value is -2.41. The van der Waals surface area contributed by atoms with E-state index < -0.39 is 10.0 Å². The van der Waals surface area contributed by atoms with Crippen molar-refractivity contribution in [1.82, 2.24) is 14.6 Å². The fraction of sp³-hybridized carbons (Fsp3) is 0.250. The van der Waals surface area contributed by atoms with Crippen LogP contribution in [0.1, 0.15) is 24.7 Å². The Kier molecular flexibility index (Phi) is 4.29. The topological polar surface area (TPSA) is 76.4 Å². The van der Waals surface area contributed by atoms with Crippen molar-refractivity contribution in [3.63, 3.8) is 0 Å². The van der Waals surface area contributed by atoms with Crippen molar-refractivity contribution in [3.8, 4) is 0 Å². The molecule has 0 aliphatic heterocycles. The largest absolute Gasteiger partial charge is 0.286 e. The summed E-state index contributed by atoms with van der Waals surface area (Å²) in [6, 6.07) is 13.1. The summed E-state index contributed by atoms with van der Waals surface area (Å²) in [5.74, 6) is 0.973. The van der Waals surface area contributed by atoms with Crippen molar-refractivity contribution in [3.05, 3.63) is 60.0 Å². The number of rotatable bonds is 6. The van der Waals surface area contributed by atoms with Gasteiger partial charge in [-0.3, -0.25) is 9.12 Å². The van der Waals surface area contributed by atoms with Crippen LogP contribution >= 0.6 is 0 Å². The Labute approximate surface area is 135 Å². The summed E-state index contributed by atoms with van der Waals surface area (Å²) >= 11 is 0. The highest BCUT2D eigenvalue weighted by Gasteiger charge is 2.09. The first kappa shape index (κ1) is 15.5. The zero-order valence-corrected chi connectivity index (χ0v) is 13.6. The Balaban J connectivity index is 1.75. The van der Waals surface area contributed by atoms with Crippen molar-refractivity contribution in [2.75, 3.05) is 10.5 Å². The number of anilines is 1. The second kappa shape index (κ2) is 6.37. The molecule has 0 radical (unpaired) electrons. The molecule has 0 bridgehead atoms. The van der Waals surface area contributed by atoms with E-state index in [1.54, 1.807) is 12.1 Å². The summed E-state index contributed by atoms with van der Waals surface area (Å²) in [6.07, 6.45) is 3.15. The van der Waals surface area contributed by atoms with Crippen molar-refractivity contribution < 1.29 is 8.42 Å². The second-order valence-corrected chi connectivity index (χ2v) is 7.18. The molecular formula is C16H18N4O2S. The van der Waals surface area contributed by atoms with Gasteiger partial charge < -0.3 is 0 Å². The zero-order chi connectivity index (χ0) is 16.3. The maximum absolute atomic E-state index is 11.8. The second-order valence-electron chi connectivity index (χ2n) is 5.34. The third-order valence-electron chi connectivity index (χ3n) is 3.45. The number of fused-ring (bicyclic) bond motifs is 1. The number of nitrogens with zero attached hydrogens (tertiary/aromatic N) is 3. The van der Waals surface area contributed by atoms with Gasteiger partial charge in [-0.2, -0.15) is 0 Å². The van der Waals surface area contributed by atoms with Crippen molar-refractivity contribution in [2.24, 2.45) is 0 Å². The van der Waals surface area contributed by atoms with E-state index in [-0.39, 0.29) is 5.75 Å². The summed E-state index contributed by atoms with van der Waals surface area (Å²) in [5.41, 5.74) is 2.43. The monoisotopic (exact) mass is 330 g/mol. The van der Waals surface area contributed by atoms with Gasteiger partial charge in [0.2, 0.25) is 10.0 Å². The van der Waals surface area contributed by atoms with E-state index in [2.05, 4.69) is 14.9 Å². The van der Waals surface area contributed by atoms with Crippen LogP contribution in [0.5, 0.6) is 0 Å². The van der Waals surface area contributed by atoms with E-state index in [1.807, 2.05) is 47.9 Å². The van der Waals surface area contributed by atoms with E-state index >= 15 is 0 Å². The Morgan fingerprint density at radius 3 is 2.61 bits per heavy atom. The van der Waals surface area contributed by atoms with Crippen LogP contribution in [0.4, 0.5) is 5.69 Å². The van der Waals surface area contributed by atoms with Crippen LogP contribution in [-0.4, -0.2) is 28.8 Å². The molecule has 0 unspecified atom stereocenters. The van der Waals surface area contributed by atoms with Gasteiger partial charge in [0.15, 0.2) is 5.65 Å². The molecule has 120 valence electrons. The lowest BCUT2D eigenvalue weighted by Crippen LogP contribution is -2.16. The van der Waals surface area contributed by atoms with Crippen LogP contribution in [0, 0.1) is 0 Å². The quantitative estimate of drug-likeness (QED) is 0.753. The first-order valence-electron chi connectivity index (χ1n) is 7.45. The minimum Gasteiger partial charge on any atom is -0.286 e. The normalized spacial score (nSPS) is 11.7. The van der Waals surface area contributed by atoms with Gasteiger partial charge in [-0.25, -0.2) is 8.42 Å². The number of pyridine rings is 1. The lowest BCUT2D eigenvalue weighted by atomic mass is 10.1. The van der Waals surface area contributed by atoms with Crippen molar-refractivity contribution in [1.29, 1.82) is 0 Å². The fourth-order valence-corrected chi connectivity index (χ4v) is 3.52. The van der Waals surface area contributed by atoms with Gasteiger partial charge in [-0.15, -0.1) is 10.2 Å². The Morgan fingerprint density at radius 2 is 1.87 bits per heavy atom. The number of nitrogens with one attached hydrogen (secondary N) is 1. The van der Waals surface area contributed by atoms with E-state index in [0.717, 1.165) is 17.0 Å². The molecule has 0 saturated carbocycles. The fourth-order valence-electron chi connectivity index (χ4n) is 2.38. The van der Waals surface area contributed by atoms with Gasteiger partial charge in [-0.05, 0) is 36.2 Å². The van der Waals surface area contributed by atoms with Gasteiger partial charge in [0, 0.05) is 18.3 Å². The highest BCUT2D eigenvalue weighted by atomic mass is 32.2. The molecule has 2 aromatic heterocycles. The molecule has 0 spiro atoms. The SMILES string of the molecule is CCCS(=O)(=O)Nc1ccc(Cc2nnc3ccccn23)cc1. The smallest absolute Gasteiger partial charge is 0.232 e. The first-order valence-corrected chi connectivity index (χ1v) is 9.11. The van der Waals surface area contributed by atoms with Gasteiger partial charge >= 0.3 is 0 Å². The van der Waals surface area contributed by atoms with E-state index in [1.165, 1.54) is 0 Å². The van der Waals surface area contributed by atoms with E-state index in [4.69, 9.17) is 0 Å². The Bertz CT molecular complexity index is 901. The van der Waals surface area contributed by atoms with Crippen LogP contribution in [0.2, 0.25) is 0 Å². The molecule has 0 saturated heterocycles. The van der Waals surface area contributed by atoms with Crippen LogP contribution in [0.15, 0.2) is 48.7 Å². The molecule has 0 fully saturated rings. The molecule has 0 atom stereocenters. The number of hydrogen-bond acceptors (Lipinski definition) is 4. The lowest BCUT2D eigenvalue weighted by Gasteiger charge is -2.07. The predicted molar refractivity (Wildman–Crippen MR) is 89.9 cm³/mol. The van der Waals surface area contributed by atoms with Crippen LogP contribution < -0.4 is 4.72 Å². The van der Waals surface area contributed by atoms with E-state index in [0.29, 0.717) is 18.5 Å². The third kappa shape index (κ3) is 3.68. The molecule has 0 amide bonds. The number of sulfonamides is 1. The third-order valence-corrected chi connectivity index (χ3v) is 4.94. The summed E-state index contributed by atoms with van der Waals surface area (Å²) in [5, 5.41) is 8.32. The average molecular weight is 330 g/mol. The Morgan fingerprint density at radius 1 is 1.09 bits per heavy atom. The minimum atomic E-state index is -3.25. The molecule has 3 rings (SSSR count). The highest BCUT2D eigenvalue weighted by Crippen LogP contribution is 2.15. The average Bonchev–Trinajstić information content (AvgIpc) is 2.92. The van der Waals surface area contributed by atoms with Gasteiger partial charge in [0.1, 0.15) is 5.82 Å². The number of aromatic nitrogens is 3. The maximum atomic E-state index is 11.8. The standard InChI is InChI=1S/C16H18N4O2S/c1-2-11-23(21,22)19-14-8-6-13(7-9-14)12-16-18-17-15-5-3-4-10-20(15)16/h3-10,19H,2,11-12H2,1H3. The molecule has 7 heteroatoms. The zero-order valence-electron chi connectivity index (χ0n) is 12.8. The lowest BCUT2D eigenvalue weighted by molar-refractivity contribution is 0.600. The minimum absolute atomic E-state index is 0.125. The van der Waals surface area contributed by atoms with Gasteiger partial charge in [0.25, 0.3) is 0 Å². The maximum Gasteiger partial charge on any atom is 0.232 e. The molecule has 2 heterocycles. The summed E-state index contributed by atoms with van der Waals surface area (Å²) in [4.78, 5) is 0. The molecule has 3 aromatic rings. The molecular weight excluding hydrogens is 312 g/mol. The molecule has 23 heavy (non-hydrogen) atoms. The van der Waals surface area contributed by atoms with Crippen LogP contribution in [0.3, 0.4) is 0 Å². The molecule has 1 N–H and O–H groups in total. The van der Waals surface area contributed by atoms with Gasteiger partial charge in [0.05, 0.1) is 5.75 Å². The van der Waals surface area contributed by atoms with Crippen LogP contribution in [-0.2, 0) is 16.4 Å². The molecule has 1 aromatic carbocycles. The first-order chi connectivity index (χ1) is 11.1.